The monoisotopic (exact) mass is 425 g/mol. The van der Waals surface area contributed by atoms with Crippen LogP contribution < -0.4 is 20.3 Å². The lowest BCUT2D eigenvalue weighted by molar-refractivity contribution is 0.102. The van der Waals surface area contributed by atoms with Crippen molar-refractivity contribution in [2.45, 2.75) is 26.3 Å². The number of rotatable bonds is 5. The zero-order chi connectivity index (χ0) is 21.5. The van der Waals surface area contributed by atoms with Crippen LogP contribution in [0, 0.1) is 18.7 Å². The van der Waals surface area contributed by atoms with Gasteiger partial charge in [0.25, 0.3) is 5.91 Å². The smallest absolute Gasteiger partial charge is 0.262 e. The van der Waals surface area contributed by atoms with Crippen LogP contribution in [0.5, 0.6) is 5.88 Å². The molecule has 2 N–H and O–H groups in total. The Balaban J connectivity index is 1.40. The first-order chi connectivity index (χ1) is 15.0. The number of hydrogen-bond donors (Lipinski definition) is 2. The van der Waals surface area contributed by atoms with Gasteiger partial charge in [0, 0.05) is 50.3 Å². The van der Waals surface area contributed by atoms with Crippen molar-refractivity contribution >= 4 is 23.2 Å². The number of carbonyl (C=O) groups excluding carboxylic acids is 1. The average Bonchev–Trinajstić information content (AvgIpc) is 3.29. The molecule has 2 unspecified atom stereocenters. The van der Waals surface area contributed by atoms with Gasteiger partial charge in [0.1, 0.15) is 5.56 Å². The molecule has 31 heavy (non-hydrogen) atoms. The van der Waals surface area contributed by atoms with Crippen molar-refractivity contribution in [3.8, 4) is 5.88 Å². The summed E-state index contributed by atoms with van der Waals surface area (Å²) >= 11 is 0. The predicted octanol–water partition coefficient (Wildman–Crippen LogP) is 2.02. The Kier molecular flexibility index (Phi) is 4.93. The molecule has 0 spiro atoms. The fourth-order valence-electron chi connectivity index (χ4n) is 4.35. The number of pyridine rings is 1. The molecular weight excluding hydrogens is 401 g/mol. The Labute approximate surface area is 178 Å². The van der Waals surface area contributed by atoms with E-state index in [-0.39, 0.29) is 17.1 Å². The van der Waals surface area contributed by atoms with Gasteiger partial charge in [-0.05, 0) is 26.2 Å². The van der Waals surface area contributed by atoms with Crippen LogP contribution >= 0.6 is 0 Å². The van der Waals surface area contributed by atoms with Gasteiger partial charge in [0.15, 0.2) is 11.5 Å². The van der Waals surface area contributed by atoms with Crippen molar-refractivity contribution in [1.82, 2.24) is 24.7 Å². The molecule has 1 amide bonds. The third-order valence-electron chi connectivity index (χ3n) is 5.67. The van der Waals surface area contributed by atoms with Crippen LogP contribution in [0.25, 0.3) is 5.65 Å². The van der Waals surface area contributed by atoms with E-state index >= 15 is 0 Å². The molecule has 2 atom stereocenters. The number of halogens is 1. The number of anilines is 2. The first kappa shape index (κ1) is 19.7. The maximum atomic E-state index is 14.3. The van der Waals surface area contributed by atoms with Gasteiger partial charge in [-0.1, -0.05) is 0 Å². The lowest BCUT2D eigenvalue weighted by atomic mass is 10.0. The van der Waals surface area contributed by atoms with E-state index < -0.39 is 11.7 Å². The number of carbonyl (C=O) groups is 1. The predicted molar refractivity (Wildman–Crippen MR) is 113 cm³/mol. The molecule has 0 radical (unpaired) electrons. The van der Waals surface area contributed by atoms with Crippen LogP contribution in [0.15, 0.2) is 24.7 Å². The molecule has 5 heterocycles. The van der Waals surface area contributed by atoms with Crippen molar-refractivity contribution in [3.05, 3.63) is 41.7 Å². The standard InChI is InChI=1S/C21H24FN7O2/c1-3-31-20-16(7-24-21(27-20)29-9-13-4-14(10-29)23-6-13)19(30)26-15-5-17(22)18-25-12(2)8-28(18)11-15/h5,7-8,11,13-14,23H,3-4,6,9-10H2,1-2H3,(H,26,30). The van der Waals surface area contributed by atoms with Crippen LogP contribution in [-0.2, 0) is 0 Å². The van der Waals surface area contributed by atoms with Crippen molar-refractivity contribution in [1.29, 1.82) is 0 Å². The molecule has 3 aromatic rings. The highest BCUT2D eigenvalue weighted by molar-refractivity contribution is 6.05. The highest BCUT2D eigenvalue weighted by Crippen LogP contribution is 2.27. The van der Waals surface area contributed by atoms with Gasteiger partial charge in [0.05, 0.1) is 18.0 Å². The quantitative estimate of drug-likeness (QED) is 0.646. The average molecular weight is 425 g/mol. The number of nitrogens with zero attached hydrogens (tertiary/aromatic N) is 5. The van der Waals surface area contributed by atoms with Crippen molar-refractivity contribution in [2.75, 3.05) is 36.5 Å². The Morgan fingerprint density at radius 2 is 2.23 bits per heavy atom. The summed E-state index contributed by atoms with van der Waals surface area (Å²) in [7, 11) is 0. The fraction of sp³-hybridized carbons (Fsp3) is 0.429. The summed E-state index contributed by atoms with van der Waals surface area (Å²) in [6.07, 6.45) is 5.95. The number of imidazole rings is 1. The van der Waals surface area contributed by atoms with Gasteiger partial charge < -0.3 is 24.7 Å². The second-order valence-corrected chi connectivity index (χ2v) is 8.08. The molecule has 2 saturated heterocycles. The molecule has 162 valence electrons. The summed E-state index contributed by atoms with van der Waals surface area (Å²) in [5, 5.41) is 6.22. The fourth-order valence-corrected chi connectivity index (χ4v) is 4.35. The summed E-state index contributed by atoms with van der Waals surface area (Å²) in [5.74, 6) is 0.370. The van der Waals surface area contributed by atoms with Crippen LogP contribution in [0.3, 0.4) is 0 Å². The zero-order valence-electron chi connectivity index (χ0n) is 17.4. The number of amides is 1. The number of nitrogens with one attached hydrogen (secondary N) is 2. The number of aromatic nitrogens is 4. The van der Waals surface area contributed by atoms with E-state index in [0.717, 1.165) is 19.6 Å². The molecule has 2 aliphatic rings. The topological polar surface area (TPSA) is 96.7 Å². The van der Waals surface area contributed by atoms with Gasteiger partial charge in [0.2, 0.25) is 11.8 Å². The lowest BCUT2D eigenvalue weighted by Gasteiger charge is -2.31. The summed E-state index contributed by atoms with van der Waals surface area (Å²) in [6.45, 7) is 6.69. The third-order valence-corrected chi connectivity index (χ3v) is 5.67. The van der Waals surface area contributed by atoms with Gasteiger partial charge >= 0.3 is 0 Å². The highest BCUT2D eigenvalue weighted by Gasteiger charge is 2.34. The summed E-state index contributed by atoms with van der Waals surface area (Å²) < 4.78 is 21.5. The minimum Gasteiger partial charge on any atom is -0.477 e. The largest absolute Gasteiger partial charge is 0.477 e. The van der Waals surface area contributed by atoms with Gasteiger partial charge in [-0.15, -0.1) is 0 Å². The van der Waals surface area contributed by atoms with Gasteiger partial charge in [-0.2, -0.15) is 4.98 Å². The van der Waals surface area contributed by atoms with E-state index in [1.165, 1.54) is 18.7 Å². The van der Waals surface area contributed by atoms with Gasteiger partial charge in [-0.25, -0.2) is 14.4 Å². The summed E-state index contributed by atoms with van der Waals surface area (Å²) in [4.78, 5) is 28.1. The molecular formula is C21H24FN7O2. The first-order valence-corrected chi connectivity index (χ1v) is 10.4. The maximum absolute atomic E-state index is 14.3. The molecule has 2 bridgehead atoms. The van der Waals surface area contributed by atoms with Gasteiger partial charge in [-0.3, -0.25) is 4.79 Å². The van der Waals surface area contributed by atoms with Crippen molar-refractivity contribution in [2.24, 2.45) is 5.92 Å². The molecule has 5 rings (SSSR count). The molecule has 2 aliphatic heterocycles. The van der Waals surface area contributed by atoms with E-state index in [9.17, 15) is 9.18 Å². The van der Waals surface area contributed by atoms with Crippen LogP contribution in [0.2, 0.25) is 0 Å². The van der Waals surface area contributed by atoms with E-state index in [1.807, 2.05) is 6.92 Å². The Hall–Kier alpha value is -3.27. The molecule has 0 saturated carbocycles. The normalized spacial score (nSPS) is 20.3. The highest BCUT2D eigenvalue weighted by atomic mass is 19.1. The molecule has 0 aromatic carbocycles. The molecule has 10 heteroatoms. The molecule has 9 nitrogen and oxygen atoms in total. The van der Waals surface area contributed by atoms with E-state index in [0.29, 0.717) is 35.9 Å². The third kappa shape index (κ3) is 3.78. The Morgan fingerprint density at radius 3 is 3.03 bits per heavy atom. The van der Waals surface area contributed by atoms with Crippen molar-refractivity contribution in [3.63, 3.8) is 0 Å². The van der Waals surface area contributed by atoms with Crippen LogP contribution in [0.4, 0.5) is 16.0 Å². The van der Waals surface area contributed by atoms with E-state index in [2.05, 4.69) is 30.5 Å². The van der Waals surface area contributed by atoms with Crippen molar-refractivity contribution < 1.29 is 13.9 Å². The molecule has 0 aliphatic carbocycles. The Morgan fingerprint density at radius 1 is 1.35 bits per heavy atom. The maximum Gasteiger partial charge on any atom is 0.262 e. The number of ether oxygens (including phenoxy) is 1. The van der Waals surface area contributed by atoms with Crippen LogP contribution in [-0.4, -0.2) is 57.5 Å². The number of fused-ring (bicyclic) bond motifs is 3. The van der Waals surface area contributed by atoms with E-state index in [4.69, 9.17) is 4.74 Å². The SMILES string of the molecule is CCOc1nc(N2CC3CNC(C3)C2)ncc1C(=O)Nc1cc(F)c2nc(C)cn2c1. The minimum atomic E-state index is -0.518. The molecule has 2 fully saturated rings. The summed E-state index contributed by atoms with van der Waals surface area (Å²) in [6, 6.07) is 1.68. The molecule has 3 aromatic heterocycles. The number of aryl methyl sites for hydroxylation is 1. The van der Waals surface area contributed by atoms with Crippen LogP contribution in [0.1, 0.15) is 29.4 Å². The number of piperidine rings is 1. The second-order valence-electron chi connectivity index (χ2n) is 8.08. The second kappa shape index (κ2) is 7.77. The Bertz CT molecular complexity index is 1140. The number of hydrogen-bond acceptors (Lipinski definition) is 7. The first-order valence-electron chi connectivity index (χ1n) is 10.4. The lowest BCUT2D eigenvalue weighted by Crippen LogP contribution is -2.42. The minimum absolute atomic E-state index is 0.200. The van der Waals surface area contributed by atoms with E-state index in [1.54, 1.807) is 23.7 Å². The zero-order valence-corrected chi connectivity index (χ0v) is 17.4. The summed E-state index contributed by atoms with van der Waals surface area (Å²) in [5.41, 5.74) is 1.40.